The number of nitrogens with zero attached hydrogens (tertiary/aromatic N) is 5. The molecule has 0 saturated carbocycles. The average Bonchev–Trinajstić information content (AvgIpc) is 3.84. The first-order chi connectivity index (χ1) is 31.6. The largest absolute Gasteiger partial charge is 0.497 e. The molecule has 2 unspecified atom stereocenters. The summed E-state index contributed by atoms with van der Waals surface area (Å²) in [4.78, 5) is 25.0. The van der Waals surface area contributed by atoms with Gasteiger partial charge >= 0.3 is 0 Å². The number of hydrogen-bond donors (Lipinski definition) is 2. The molecule has 0 radical (unpaired) electrons. The molecule has 3 aromatic carbocycles. The summed E-state index contributed by atoms with van der Waals surface area (Å²) < 4.78 is 77.9. The maximum atomic E-state index is 13.5. The van der Waals surface area contributed by atoms with Crippen molar-refractivity contribution in [3.05, 3.63) is 112 Å². The number of nitriles is 1. The Morgan fingerprint density at radius 1 is 0.925 bits per heavy atom. The Kier molecular flexibility index (Phi) is 16.4. The normalized spacial score (nSPS) is 18.7. The molecule has 2 aromatic heterocycles. The van der Waals surface area contributed by atoms with Gasteiger partial charge in [-0.05, 0) is 86.8 Å². The first kappa shape index (κ1) is 51.6. The third-order valence-corrected chi connectivity index (χ3v) is 19.2. The molecule has 5 aromatic rings. The Hall–Kier alpha value is -4.74. The molecule has 1 fully saturated rings. The van der Waals surface area contributed by atoms with Crippen molar-refractivity contribution in [3.8, 4) is 17.6 Å². The van der Waals surface area contributed by atoms with Gasteiger partial charge in [-0.3, -0.25) is 19.1 Å². The monoisotopic (exact) mass is 977 g/mol. The molecule has 0 bridgehead atoms. The standard InChI is InChI=1S/C47H64N7O10PSSi/c1-31(2)54(32(3)4)65(61-28-16-27-48)63-40-38(29-60-47(33-17-14-13-15-18-33,34-19-23-36(58-8)24-20-34)35-21-25-37(59-9)26-22-35)62-44(41(40)64-67(11,12)46(5,6)7)53-30-49-39-42(53)50-45(51-43(39)55)52-66(10,56)57/h13-15,17-26,30-32,38,40-41,44H,16,28-29H2,1-12H3,(H2,50,51,52,55)/t38-,40?,41+,44-,65?/m1/s1. The van der Waals surface area contributed by atoms with Crippen LogP contribution < -0.4 is 19.8 Å². The number of methoxy groups -OCH3 is 2. The summed E-state index contributed by atoms with van der Waals surface area (Å²) in [6, 6.07) is 27.5. The highest BCUT2D eigenvalue weighted by molar-refractivity contribution is 7.92. The molecular weight excluding hydrogens is 914 g/mol. The van der Waals surface area contributed by atoms with E-state index in [9.17, 15) is 18.5 Å². The molecule has 5 atom stereocenters. The Morgan fingerprint density at radius 3 is 2.00 bits per heavy atom. The number of aromatic amines is 1. The van der Waals surface area contributed by atoms with Gasteiger partial charge in [0.25, 0.3) is 14.1 Å². The molecule has 0 amide bonds. The predicted octanol–water partition coefficient (Wildman–Crippen LogP) is 8.47. The molecule has 1 aliphatic rings. The number of nitrogens with one attached hydrogen (secondary N) is 2. The second kappa shape index (κ2) is 21.3. The highest BCUT2D eigenvalue weighted by Crippen LogP contribution is 2.53. The smallest absolute Gasteiger partial charge is 0.280 e. The number of benzene rings is 3. The lowest BCUT2D eigenvalue weighted by molar-refractivity contribution is -0.0926. The highest BCUT2D eigenvalue weighted by Gasteiger charge is 2.54. The van der Waals surface area contributed by atoms with Crippen molar-refractivity contribution in [3.63, 3.8) is 0 Å². The molecule has 3 heterocycles. The van der Waals surface area contributed by atoms with E-state index in [0.717, 1.165) is 22.9 Å². The number of hydrogen-bond acceptors (Lipinski definition) is 14. The van der Waals surface area contributed by atoms with Gasteiger partial charge in [-0.2, -0.15) is 10.2 Å². The summed E-state index contributed by atoms with van der Waals surface area (Å²) in [5, 5.41) is 9.31. The Balaban J connectivity index is 1.59. The van der Waals surface area contributed by atoms with Crippen LogP contribution in [0.25, 0.3) is 11.2 Å². The topological polar surface area (TPSA) is 201 Å². The van der Waals surface area contributed by atoms with Crippen LogP contribution in [0.2, 0.25) is 18.1 Å². The lowest BCUT2D eigenvalue weighted by atomic mass is 9.80. The van der Waals surface area contributed by atoms with Crippen molar-refractivity contribution in [1.29, 1.82) is 5.26 Å². The fourth-order valence-electron chi connectivity index (χ4n) is 7.85. The minimum Gasteiger partial charge on any atom is -0.497 e. The van der Waals surface area contributed by atoms with Crippen LogP contribution in [0.1, 0.15) is 77.8 Å². The van der Waals surface area contributed by atoms with E-state index in [4.69, 9.17) is 32.4 Å². The van der Waals surface area contributed by atoms with Gasteiger partial charge in [0.15, 0.2) is 25.7 Å². The van der Waals surface area contributed by atoms with Gasteiger partial charge in [-0.25, -0.2) is 18.1 Å². The van der Waals surface area contributed by atoms with E-state index in [0.29, 0.717) is 11.5 Å². The highest BCUT2D eigenvalue weighted by atomic mass is 32.2. The summed E-state index contributed by atoms with van der Waals surface area (Å²) in [7, 11) is -5.22. The number of rotatable bonds is 21. The van der Waals surface area contributed by atoms with Crippen LogP contribution in [-0.4, -0.2) is 105 Å². The molecule has 2 N–H and O–H groups in total. The van der Waals surface area contributed by atoms with Gasteiger partial charge < -0.3 is 32.4 Å². The molecule has 362 valence electrons. The SMILES string of the molecule is COc1ccc(C(OC[C@H]2O[C@@H](n3cnc4c(=O)[nH]c(NS(C)(=O)=O)nc43)[C@@H](O[Si](C)(C)C(C)(C)C)C2OP(OCCC#N)N(C(C)C)C(C)C)(c2ccccc2)c2ccc(OC)cc2)cc1. The Labute approximate surface area is 396 Å². The summed E-state index contributed by atoms with van der Waals surface area (Å²) in [6.07, 6.45) is -1.23. The van der Waals surface area contributed by atoms with Crippen molar-refractivity contribution in [2.24, 2.45) is 0 Å². The third-order valence-electron chi connectivity index (χ3n) is 12.0. The molecule has 1 saturated heterocycles. The van der Waals surface area contributed by atoms with Crippen LogP contribution in [-0.2, 0) is 38.6 Å². The van der Waals surface area contributed by atoms with Crippen LogP contribution in [0, 0.1) is 11.3 Å². The fourth-order valence-corrected chi connectivity index (χ4v) is 11.4. The number of imidazole rings is 1. The molecule has 6 rings (SSSR count). The van der Waals surface area contributed by atoms with Crippen molar-refractivity contribution >= 4 is 44.0 Å². The summed E-state index contributed by atoms with van der Waals surface area (Å²) in [5.41, 5.74) is 0.531. The van der Waals surface area contributed by atoms with Gasteiger partial charge in [0.05, 0.1) is 52.5 Å². The molecule has 17 nitrogen and oxygen atoms in total. The first-order valence-corrected chi connectivity index (χ1v) is 28.1. The molecule has 1 aliphatic heterocycles. The second-order valence-electron chi connectivity index (χ2n) is 18.5. The van der Waals surface area contributed by atoms with Crippen LogP contribution in [0.3, 0.4) is 0 Å². The number of ether oxygens (including phenoxy) is 4. The number of aromatic nitrogens is 4. The van der Waals surface area contributed by atoms with Crippen LogP contribution in [0.15, 0.2) is 90.0 Å². The van der Waals surface area contributed by atoms with Gasteiger partial charge in [-0.1, -0.05) is 75.4 Å². The first-order valence-electron chi connectivity index (χ1n) is 22.2. The van der Waals surface area contributed by atoms with E-state index in [1.807, 2.05) is 78.9 Å². The van der Waals surface area contributed by atoms with Gasteiger partial charge in [0.1, 0.15) is 35.4 Å². The summed E-state index contributed by atoms with van der Waals surface area (Å²) >= 11 is 0. The zero-order chi connectivity index (χ0) is 48.9. The second-order valence-corrected chi connectivity index (χ2v) is 26.4. The lowest BCUT2D eigenvalue weighted by Crippen LogP contribution is -2.50. The van der Waals surface area contributed by atoms with Crippen molar-refractivity contribution in [2.45, 2.75) is 115 Å². The minimum atomic E-state index is -3.84. The Bertz CT molecular complexity index is 2580. The third kappa shape index (κ3) is 11.6. The van der Waals surface area contributed by atoms with Crippen molar-refractivity contribution in [1.82, 2.24) is 24.2 Å². The van der Waals surface area contributed by atoms with Gasteiger partial charge in [0, 0.05) is 12.1 Å². The fraction of sp³-hybridized carbons (Fsp3) is 0.489. The number of fused-ring (bicyclic) bond motifs is 1. The average molecular weight is 978 g/mol. The van der Waals surface area contributed by atoms with E-state index >= 15 is 0 Å². The van der Waals surface area contributed by atoms with E-state index in [1.165, 1.54) is 6.33 Å². The van der Waals surface area contributed by atoms with Gasteiger partial charge in [-0.15, -0.1) is 0 Å². The van der Waals surface area contributed by atoms with Crippen LogP contribution in [0.5, 0.6) is 11.5 Å². The zero-order valence-corrected chi connectivity index (χ0v) is 43.1. The van der Waals surface area contributed by atoms with Crippen molar-refractivity contribution < 1.29 is 40.8 Å². The number of anilines is 1. The van der Waals surface area contributed by atoms with E-state index < -0.39 is 62.6 Å². The predicted molar refractivity (Wildman–Crippen MR) is 261 cm³/mol. The molecular formula is C47H64N7O10PSSi. The minimum absolute atomic E-state index is 0.0362. The van der Waals surface area contributed by atoms with Crippen LogP contribution >= 0.6 is 8.53 Å². The quantitative estimate of drug-likeness (QED) is 0.0307. The summed E-state index contributed by atoms with van der Waals surface area (Å²) in [6.45, 7) is 18.9. The maximum Gasteiger partial charge on any atom is 0.280 e. The Morgan fingerprint density at radius 2 is 1.49 bits per heavy atom. The van der Waals surface area contributed by atoms with E-state index in [1.54, 1.807) is 18.8 Å². The summed E-state index contributed by atoms with van der Waals surface area (Å²) in [5.74, 6) is 1.04. The number of sulfonamides is 1. The molecule has 20 heteroatoms. The molecule has 0 spiro atoms. The van der Waals surface area contributed by atoms with E-state index in [2.05, 4.69) is 92.0 Å². The zero-order valence-electron chi connectivity index (χ0n) is 40.3. The maximum absolute atomic E-state index is 13.5. The van der Waals surface area contributed by atoms with Crippen molar-refractivity contribution in [2.75, 3.05) is 38.4 Å². The van der Waals surface area contributed by atoms with Crippen LogP contribution in [0.4, 0.5) is 5.95 Å². The number of H-pyrrole nitrogens is 1. The molecule has 0 aliphatic carbocycles. The molecule has 67 heavy (non-hydrogen) atoms. The lowest BCUT2D eigenvalue weighted by Gasteiger charge is -2.42. The van der Waals surface area contributed by atoms with Gasteiger partial charge in [0.2, 0.25) is 16.0 Å². The van der Waals surface area contributed by atoms with E-state index in [-0.39, 0.29) is 53.9 Å².